The largest absolute Gasteiger partial charge is 0.0620 e. The van der Waals surface area contributed by atoms with Gasteiger partial charge in [0, 0.05) is 0 Å². The Kier molecular flexibility index (Phi) is 6.02. The average molecular weight is 805 g/mol. The highest BCUT2D eigenvalue weighted by atomic mass is 14.3. The fraction of sp³-hybridized carbons (Fsp3) is 0.0312. The summed E-state index contributed by atoms with van der Waals surface area (Å²) < 4.78 is 0. The Labute approximate surface area is 368 Å². The first-order valence-corrected chi connectivity index (χ1v) is 22.7. The van der Waals surface area contributed by atoms with Crippen molar-refractivity contribution in [3.05, 3.63) is 193 Å². The average Bonchev–Trinajstić information content (AvgIpc) is 3.96. The van der Waals surface area contributed by atoms with E-state index in [4.69, 9.17) is 0 Å². The minimum atomic E-state index is 1.29. The number of fused-ring (bicyclic) bond motifs is 14. The summed E-state index contributed by atoms with van der Waals surface area (Å²) in [6.07, 6.45) is 0. The van der Waals surface area contributed by atoms with Gasteiger partial charge < -0.3 is 0 Å². The third-order valence-corrected chi connectivity index (χ3v) is 15.7. The summed E-state index contributed by atoms with van der Waals surface area (Å²) in [4.78, 5) is 0. The quantitative estimate of drug-likeness (QED) is 0.121. The predicted molar refractivity (Wildman–Crippen MR) is 277 cm³/mol. The normalized spacial score (nSPS) is 12.8. The van der Waals surface area contributed by atoms with E-state index in [0.717, 1.165) is 0 Å². The lowest BCUT2D eigenvalue weighted by atomic mass is 9.82. The Morgan fingerprint density at radius 2 is 0.625 bits per heavy atom. The van der Waals surface area contributed by atoms with Crippen LogP contribution >= 0.6 is 0 Å². The van der Waals surface area contributed by atoms with E-state index in [2.05, 4.69) is 196 Å². The van der Waals surface area contributed by atoms with Crippen LogP contribution in [0.1, 0.15) is 11.1 Å². The van der Waals surface area contributed by atoms with E-state index >= 15 is 0 Å². The highest BCUT2D eigenvalue weighted by molar-refractivity contribution is 6.49. The third kappa shape index (κ3) is 3.86. The SMILES string of the molecule is Cc1ccccc1-c1c2cc3c4ccccc4c4cccc(c2c(-c2ccccc2C)c2c5ccc6c7ccc8c9c(ccc(c%10ccc(c12)c5c%106)c97)-c1cc2ccccc2cc1-8)c43. The van der Waals surface area contributed by atoms with Gasteiger partial charge in [-0.05, 0) is 206 Å². The molecule has 0 heterocycles. The van der Waals surface area contributed by atoms with Gasteiger partial charge in [0.05, 0.1) is 0 Å². The zero-order valence-electron chi connectivity index (χ0n) is 35.3. The maximum atomic E-state index is 2.56. The third-order valence-electron chi connectivity index (χ3n) is 15.7. The summed E-state index contributed by atoms with van der Waals surface area (Å²) in [5, 5.41) is 29.5. The number of hydrogen-bond donors (Lipinski definition) is 0. The maximum Gasteiger partial charge on any atom is -0.000708 e. The molecule has 1 aliphatic rings. The van der Waals surface area contributed by atoms with Crippen LogP contribution in [-0.2, 0) is 0 Å². The van der Waals surface area contributed by atoms with Crippen molar-refractivity contribution in [2.75, 3.05) is 0 Å². The highest BCUT2D eigenvalue weighted by Gasteiger charge is 2.30. The Balaban J connectivity index is 1.14. The van der Waals surface area contributed by atoms with Gasteiger partial charge in [-0.1, -0.05) is 164 Å². The molecule has 0 N–H and O–H groups in total. The molecule has 1 aliphatic carbocycles. The second-order valence-electron chi connectivity index (χ2n) is 18.6. The molecule has 0 bridgehead atoms. The van der Waals surface area contributed by atoms with Crippen LogP contribution in [0.3, 0.4) is 0 Å². The zero-order chi connectivity index (χ0) is 41.7. The van der Waals surface area contributed by atoms with Crippen molar-refractivity contribution in [1.82, 2.24) is 0 Å². The molecule has 0 spiro atoms. The molecular formula is C64H36. The molecule has 0 amide bonds. The van der Waals surface area contributed by atoms with Crippen molar-refractivity contribution in [3.63, 3.8) is 0 Å². The Morgan fingerprint density at radius 3 is 1.25 bits per heavy atom. The van der Waals surface area contributed by atoms with Gasteiger partial charge in [0.15, 0.2) is 0 Å². The molecule has 0 aromatic heterocycles. The molecular weight excluding hydrogens is 769 g/mol. The van der Waals surface area contributed by atoms with Crippen molar-refractivity contribution in [1.29, 1.82) is 0 Å². The summed E-state index contributed by atoms with van der Waals surface area (Å²) in [6, 6.07) is 70.0. The number of aryl methyl sites for hydroxylation is 2. The van der Waals surface area contributed by atoms with E-state index in [0.29, 0.717) is 0 Å². The Hall–Kier alpha value is -8.06. The summed E-state index contributed by atoms with van der Waals surface area (Å²) in [6.45, 7) is 4.59. The monoisotopic (exact) mass is 804 g/mol. The van der Waals surface area contributed by atoms with Gasteiger partial charge in [0.2, 0.25) is 0 Å². The second-order valence-corrected chi connectivity index (χ2v) is 18.6. The van der Waals surface area contributed by atoms with Crippen LogP contribution in [0, 0.1) is 13.8 Å². The van der Waals surface area contributed by atoms with E-state index in [1.807, 2.05) is 0 Å². The fourth-order valence-electron chi connectivity index (χ4n) is 13.1. The van der Waals surface area contributed by atoms with Gasteiger partial charge >= 0.3 is 0 Å². The number of hydrogen-bond acceptors (Lipinski definition) is 0. The van der Waals surface area contributed by atoms with Crippen LogP contribution in [0.4, 0.5) is 0 Å². The minimum absolute atomic E-state index is 1.29. The van der Waals surface area contributed by atoms with Gasteiger partial charge in [-0.2, -0.15) is 0 Å². The van der Waals surface area contributed by atoms with Crippen molar-refractivity contribution < 1.29 is 0 Å². The summed E-state index contributed by atoms with van der Waals surface area (Å²) in [5.41, 5.74) is 13.3. The first-order valence-electron chi connectivity index (χ1n) is 22.7. The van der Waals surface area contributed by atoms with Crippen molar-refractivity contribution in [3.8, 4) is 44.5 Å². The van der Waals surface area contributed by atoms with E-state index in [9.17, 15) is 0 Å². The number of benzene rings is 13. The summed E-state index contributed by atoms with van der Waals surface area (Å²) in [5.74, 6) is 0. The highest BCUT2D eigenvalue weighted by Crippen LogP contribution is 2.58. The van der Waals surface area contributed by atoms with E-state index in [-0.39, 0.29) is 0 Å². The molecule has 0 aliphatic heterocycles. The first-order chi connectivity index (χ1) is 31.6. The topological polar surface area (TPSA) is 0 Å². The van der Waals surface area contributed by atoms with Crippen LogP contribution in [0.5, 0.6) is 0 Å². The van der Waals surface area contributed by atoms with Crippen molar-refractivity contribution in [2.24, 2.45) is 0 Å². The molecule has 0 radical (unpaired) electrons. The van der Waals surface area contributed by atoms with Crippen LogP contribution in [-0.4, -0.2) is 0 Å². The molecule has 15 aromatic rings. The fourth-order valence-corrected chi connectivity index (χ4v) is 13.1. The van der Waals surface area contributed by atoms with Gasteiger partial charge in [-0.3, -0.25) is 0 Å². The molecule has 0 saturated heterocycles. The first kappa shape index (κ1) is 33.6. The molecule has 0 fully saturated rings. The van der Waals surface area contributed by atoms with Gasteiger partial charge in [-0.15, -0.1) is 0 Å². The lowest BCUT2D eigenvalue weighted by molar-refractivity contribution is 1.47. The van der Waals surface area contributed by atoms with Crippen LogP contribution < -0.4 is 0 Å². The van der Waals surface area contributed by atoms with E-state index in [1.54, 1.807) is 0 Å². The molecule has 0 heteroatoms. The van der Waals surface area contributed by atoms with E-state index in [1.165, 1.54) is 174 Å². The smallest absolute Gasteiger partial charge is 0.000708 e. The molecule has 0 nitrogen and oxygen atoms in total. The van der Waals surface area contributed by atoms with Gasteiger partial charge in [0.25, 0.3) is 0 Å². The number of rotatable bonds is 2. The maximum absolute atomic E-state index is 2.56. The zero-order valence-corrected chi connectivity index (χ0v) is 35.3. The van der Waals surface area contributed by atoms with E-state index < -0.39 is 0 Å². The molecule has 0 atom stereocenters. The molecule has 64 heavy (non-hydrogen) atoms. The van der Waals surface area contributed by atoms with Gasteiger partial charge in [-0.25, -0.2) is 0 Å². The standard InChI is InChI=1S/C64H36/c1-33-12-3-7-16-37(33)56-54-32-53-40-19-10-9-18-39(40)41-20-11-21-48(55(41)53)61(54)62(38-17-8-4-13-34(38)2)64-50-29-27-45-43-23-25-47-52-31-36-15-6-5-14-35(36)30-51(52)46-24-22-42(57(43)59(46)47)44-26-28-49(63(56)64)60(50)58(44)45/h3-32H,1-2H3. The lowest BCUT2D eigenvalue weighted by Crippen LogP contribution is -1.93. The Bertz CT molecular complexity index is 4500. The van der Waals surface area contributed by atoms with Crippen LogP contribution in [0.25, 0.3) is 163 Å². The van der Waals surface area contributed by atoms with Crippen molar-refractivity contribution in [2.45, 2.75) is 13.8 Å². The van der Waals surface area contributed by atoms with Crippen molar-refractivity contribution >= 4 is 118 Å². The molecule has 0 unspecified atom stereocenters. The second kappa shape index (κ2) is 11.5. The summed E-state index contributed by atoms with van der Waals surface area (Å²) >= 11 is 0. The predicted octanol–water partition coefficient (Wildman–Crippen LogP) is 18.3. The minimum Gasteiger partial charge on any atom is -0.0620 e. The molecule has 292 valence electrons. The van der Waals surface area contributed by atoms with Crippen LogP contribution in [0.15, 0.2) is 182 Å². The molecule has 0 saturated carbocycles. The lowest BCUT2D eigenvalue weighted by Gasteiger charge is -2.20. The Morgan fingerprint density at radius 1 is 0.203 bits per heavy atom. The van der Waals surface area contributed by atoms with Crippen LogP contribution in [0.2, 0.25) is 0 Å². The summed E-state index contributed by atoms with van der Waals surface area (Å²) in [7, 11) is 0. The molecule has 15 aromatic carbocycles. The molecule has 16 rings (SSSR count). The van der Waals surface area contributed by atoms with Gasteiger partial charge in [0.1, 0.15) is 0 Å².